The number of ether oxygens (including phenoxy) is 3. The second-order valence-electron chi connectivity index (χ2n) is 8.40. The topological polar surface area (TPSA) is 191 Å². The lowest BCUT2D eigenvalue weighted by atomic mass is 10.2. The fourth-order valence-electron chi connectivity index (χ4n) is 3.31. The summed E-state index contributed by atoms with van der Waals surface area (Å²) in [7, 11) is 0. The second-order valence-corrected chi connectivity index (χ2v) is 9.27. The maximum atomic E-state index is 13.8. The van der Waals surface area contributed by atoms with Crippen LogP contribution in [0, 0.1) is 52.1 Å². The standard InChI is InChI=1S/C12H4ClF3N2O.C12H7ClF2N4O.C4H8O.H4N2/c13-7-1-6(5-17)2-8(3-7)19-9-4-10(14)18-12(16)11(9)15;13-7-1-6(5-16)2-8(3-7)20-9-4-10(14)18-12(19-17)11(9)15;1-2-4-5-3-1;1-2/h1-4H;1-4H,17H2,(H,18,19);1-4H2;1-2H2. The number of hydrogen-bond acceptors (Lipinski definition) is 11. The van der Waals surface area contributed by atoms with Crippen LogP contribution in [0.1, 0.15) is 24.0 Å². The van der Waals surface area contributed by atoms with E-state index in [1.165, 1.54) is 49.2 Å². The van der Waals surface area contributed by atoms with Crippen molar-refractivity contribution in [2.75, 3.05) is 18.6 Å². The Morgan fingerprint density at radius 1 is 0.717 bits per heavy atom. The molecule has 0 atom stereocenters. The van der Waals surface area contributed by atoms with Crippen molar-refractivity contribution in [2.45, 2.75) is 12.8 Å². The van der Waals surface area contributed by atoms with Crippen LogP contribution in [0.4, 0.5) is 27.8 Å². The number of halogens is 7. The molecule has 0 spiro atoms. The molecule has 1 aliphatic rings. The maximum absolute atomic E-state index is 13.8. The molecule has 18 heteroatoms. The van der Waals surface area contributed by atoms with E-state index in [0.717, 1.165) is 19.3 Å². The number of nitriles is 2. The molecule has 11 nitrogen and oxygen atoms in total. The summed E-state index contributed by atoms with van der Waals surface area (Å²) in [5, 5.41) is 17.9. The van der Waals surface area contributed by atoms with Crippen molar-refractivity contribution in [3.8, 4) is 35.1 Å². The number of hydrogen-bond donors (Lipinski definition) is 4. The average molecular weight is 685 g/mol. The van der Waals surface area contributed by atoms with E-state index in [1.807, 2.05) is 17.6 Å². The zero-order valence-corrected chi connectivity index (χ0v) is 24.9. The van der Waals surface area contributed by atoms with E-state index < -0.39 is 46.8 Å². The van der Waals surface area contributed by atoms with Crippen LogP contribution in [0.15, 0.2) is 48.5 Å². The highest BCUT2D eigenvalue weighted by Gasteiger charge is 2.16. The minimum atomic E-state index is -1.61. The van der Waals surface area contributed by atoms with Crippen LogP contribution in [0.2, 0.25) is 10.0 Å². The molecule has 242 valence electrons. The minimum absolute atomic E-state index is 0.0204. The van der Waals surface area contributed by atoms with E-state index in [0.29, 0.717) is 6.07 Å². The van der Waals surface area contributed by atoms with Crippen LogP contribution in [0.3, 0.4) is 0 Å². The van der Waals surface area contributed by atoms with Gasteiger partial charge in [-0.15, -0.1) is 0 Å². The van der Waals surface area contributed by atoms with Crippen molar-refractivity contribution in [1.82, 2.24) is 9.97 Å². The Kier molecular flexibility index (Phi) is 15.3. The van der Waals surface area contributed by atoms with Crippen LogP contribution in [-0.4, -0.2) is 23.2 Å². The van der Waals surface area contributed by atoms with E-state index in [1.54, 1.807) is 0 Å². The monoisotopic (exact) mass is 684 g/mol. The van der Waals surface area contributed by atoms with E-state index in [9.17, 15) is 22.0 Å². The molecule has 0 bridgehead atoms. The Balaban J connectivity index is 0.000000265. The summed E-state index contributed by atoms with van der Waals surface area (Å²) < 4.78 is 81.2. The summed E-state index contributed by atoms with van der Waals surface area (Å²) in [6, 6.07) is 13.0. The fraction of sp³-hybridized carbons (Fsp3) is 0.143. The Labute approximate surface area is 268 Å². The number of hydrazine groups is 2. The molecule has 3 heterocycles. The summed E-state index contributed by atoms with van der Waals surface area (Å²) in [4.78, 5) is 5.87. The molecule has 0 radical (unpaired) electrons. The molecule has 7 N–H and O–H groups in total. The normalized spacial score (nSPS) is 11.2. The first-order valence-electron chi connectivity index (χ1n) is 12.5. The van der Waals surface area contributed by atoms with E-state index in [2.05, 4.69) is 21.7 Å². The quantitative estimate of drug-likeness (QED) is 0.0787. The van der Waals surface area contributed by atoms with Gasteiger partial charge < -0.3 is 19.6 Å². The maximum Gasteiger partial charge on any atom is 0.255 e. The zero-order chi connectivity index (χ0) is 34.2. The largest absolute Gasteiger partial charge is 0.454 e. The van der Waals surface area contributed by atoms with Crippen LogP contribution in [0.5, 0.6) is 23.0 Å². The van der Waals surface area contributed by atoms with Crippen LogP contribution < -0.4 is 32.4 Å². The molecule has 0 unspecified atom stereocenters. The van der Waals surface area contributed by atoms with Crippen molar-refractivity contribution >= 4 is 29.0 Å². The molecule has 5 rings (SSSR count). The van der Waals surface area contributed by atoms with Gasteiger partial charge in [0.25, 0.3) is 5.95 Å². The molecule has 1 aliphatic heterocycles. The fourth-order valence-corrected chi connectivity index (χ4v) is 3.76. The molecule has 2 aromatic carbocycles. The van der Waals surface area contributed by atoms with Crippen molar-refractivity contribution in [2.24, 2.45) is 17.5 Å². The van der Waals surface area contributed by atoms with Crippen molar-refractivity contribution in [1.29, 1.82) is 10.5 Å². The van der Waals surface area contributed by atoms with Crippen LogP contribution >= 0.6 is 23.2 Å². The lowest BCUT2D eigenvalue weighted by Crippen LogP contribution is -2.12. The zero-order valence-electron chi connectivity index (χ0n) is 23.3. The molecule has 1 saturated heterocycles. The first-order valence-corrected chi connectivity index (χ1v) is 13.3. The van der Waals surface area contributed by atoms with Gasteiger partial charge in [-0.1, -0.05) is 23.2 Å². The minimum Gasteiger partial charge on any atom is -0.454 e. The highest BCUT2D eigenvalue weighted by molar-refractivity contribution is 6.31. The Morgan fingerprint density at radius 2 is 1.17 bits per heavy atom. The summed E-state index contributed by atoms with van der Waals surface area (Å²) in [5.74, 6) is 5.25. The van der Waals surface area contributed by atoms with Crippen LogP contribution in [0.25, 0.3) is 0 Å². The highest BCUT2D eigenvalue weighted by atomic mass is 35.5. The number of nitrogens with one attached hydrogen (secondary N) is 1. The number of rotatable bonds is 5. The van der Waals surface area contributed by atoms with Gasteiger partial charge in [0.1, 0.15) is 11.5 Å². The Hall–Kier alpha value is -4.81. The SMILES string of the molecule is C1CCOC1.N#Cc1cc(Cl)cc(Oc2cc(F)nc(F)c2F)c1.N#Cc1cc(Cl)cc(Oc2cc(F)nc(NN)c2F)c1.NN. The molecule has 1 fully saturated rings. The van der Waals surface area contributed by atoms with E-state index in [-0.39, 0.29) is 32.7 Å². The third-order valence-electron chi connectivity index (χ3n) is 5.17. The molecule has 0 saturated carbocycles. The third kappa shape index (κ3) is 11.6. The van der Waals surface area contributed by atoms with E-state index in [4.69, 9.17) is 53.8 Å². The Morgan fingerprint density at radius 3 is 1.59 bits per heavy atom. The first-order chi connectivity index (χ1) is 22.0. The number of aromatic nitrogens is 2. The molecular weight excluding hydrogens is 662 g/mol. The van der Waals surface area contributed by atoms with Crippen molar-refractivity contribution < 1.29 is 36.2 Å². The number of nitrogens with two attached hydrogens (primary N) is 3. The highest BCUT2D eigenvalue weighted by Crippen LogP contribution is 2.31. The van der Waals surface area contributed by atoms with Gasteiger partial charge in [-0.05, 0) is 49.2 Å². The van der Waals surface area contributed by atoms with Gasteiger partial charge in [0.2, 0.25) is 23.5 Å². The summed E-state index contributed by atoms with van der Waals surface area (Å²) in [6.45, 7) is 2.00. The van der Waals surface area contributed by atoms with Gasteiger partial charge in [-0.25, -0.2) is 5.84 Å². The number of benzene rings is 2. The molecule has 0 aliphatic carbocycles. The number of anilines is 1. The third-order valence-corrected chi connectivity index (χ3v) is 5.60. The summed E-state index contributed by atoms with van der Waals surface area (Å²) in [6.07, 6.45) is 2.56. The second kappa shape index (κ2) is 18.9. The van der Waals surface area contributed by atoms with Gasteiger partial charge in [0.15, 0.2) is 17.3 Å². The number of nitrogen functional groups attached to an aromatic ring is 1. The summed E-state index contributed by atoms with van der Waals surface area (Å²) in [5.41, 5.74) is 2.30. The van der Waals surface area contributed by atoms with Crippen LogP contribution in [-0.2, 0) is 4.74 Å². The molecule has 2 aromatic heterocycles. The van der Waals surface area contributed by atoms with E-state index >= 15 is 0 Å². The Bertz CT molecular complexity index is 1710. The van der Waals surface area contributed by atoms with Crippen molar-refractivity contribution in [3.63, 3.8) is 0 Å². The van der Waals surface area contributed by atoms with Gasteiger partial charge in [-0.3, -0.25) is 11.7 Å². The molecular formula is C28H23Cl2F5N8O3. The molecule has 0 amide bonds. The van der Waals surface area contributed by atoms with Gasteiger partial charge in [-0.2, -0.15) is 42.4 Å². The lowest BCUT2D eigenvalue weighted by molar-refractivity contribution is 0.198. The lowest BCUT2D eigenvalue weighted by Gasteiger charge is -2.09. The smallest absolute Gasteiger partial charge is 0.255 e. The van der Waals surface area contributed by atoms with Gasteiger partial charge in [0.05, 0.1) is 23.3 Å². The first kappa shape index (κ1) is 37.4. The van der Waals surface area contributed by atoms with Gasteiger partial charge in [0, 0.05) is 35.4 Å². The average Bonchev–Trinajstić information content (AvgIpc) is 3.62. The number of nitrogens with zero attached hydrogens (tertiary/aromatic N) is 4. The number of pyridine rings is 2. The molecule has 4 aromatic rings. The van der Waals surface area contributed by atoms with Crippen molar-refractivity contribution in [3.05, 3.63) is 99.2 Å². The summed E-state index contributed by atoms with van der Waals surface area (Å²) >= 11 is 11.5. The predicted octanol–water partition coefficient (Wildman–Crippen LogP) is 6.39. The van der Waals surface area contributed by atoms with Gasteiger partial charge >= 0.3 is 0 Å². The molecule has 46 heavy (non-hydrogen) atoms. The predicted molar refractivity (Wildman–Crippen MR) is 157 cm³/mol.